The Hall–Kier alpha value is 0.0500. The van der Waals surface area contributed by atoms with Gasteiger partial charge in [-0.1, -0.05) is 21.6 Å². The molecule has 0 saturated carbocycles. The molecule has 7 heteroatoms. The van der Waals surface area contributed by atoms with Crippen LogP contribution in [-0.2, 0) is 14.3 Å². The summed E-state index contributed by atoms with van der Waals surface area (Å²) in [5.41, 5.74) is 0. The van der Waals surface area contributed by atoms with E-state index in [1.807, 2.05) is 6.26 Å². The van der Waals surface area contributed by atoms with Gasteiger partial charge in [-0.05, 0) is 6.26 Å². The van der Waals surface area contributed by atoms with E-state index in [9.17, 15) is 15.0 Å². The normalized spacial score (nSPS) is 14.5. The van der Waals surface area contributed by atoms with Crippen molar-refractivity contribution in [2.75, 3.05) is 32.3 Å². The number of aliphatic hydroxyl groups excluding tert-OH is 2. The summed E-state index contributed by atoms with van der Waals surface area (Å²) in [6, 6.07) is 0. The van der Waals surface area contributed by atoms with Crippen LogP contribution in [-0.4, -0.2) is 60.7 Å². The Morgan fingerprint density at radius 1 is 1.31 bits per heavy atom. The van der Waals surface area contributed by atoms with Crippen molar-refractivity contribution in [3.8, 4) is 0 Å². The molecule has 0 aromatic heterocycles. The summed E-state index contributed by atoms with van der Waals surface area (Å²) < 4.78 is 9.46. The number of carbonyl (C=O) groups excluding carboxylic acids is 1. The van der Waals surface area contributed by atoms with Gasteiger partial charge in [0.15, 0.2) is 0 Å². The summed E-state index contributed by atoms with van der Waals surface area (Å²) in [4.78, 5) is 10.8. The molecule has 0 saturated heterocycles. The van der Waals surface area contributed by atoms with Crippen LogP contribution in [0.5, 0.6) is 0 Å². The molecule has 2 atom stereocenters. The van der Waals surface area contributed by atoms with Crippen molar-refractivity contribution in [1.82, 2.24) is 0 Å². The third kappa shape index (κ3) is 9.29. The summed E-state index contributed by atoms with van der Waals surface area (Å²) in [6.45, 7) is 0.182. The van der Waals surface area contributed by atoms with Crippen molar-refractivity contribution in [1.29, 1.82) is 0 Å². The molecule has 96 valence electrons. The maximum Gasteiger partial charge on any atom is 0.308 e. The third-order valence-electron chi connectivity index (χ3n) is 1.63. The van der Waals surface area contributed by atoms with Crippen LogP contribution in [0.25, 0.3) is 0 Å². The van der Waals surface area contributed by atoms with E-state index in [0.29, 0.717) is 5.75 Å². The average Bonchev–Trinajstić information content (AvgIpc) is 2.26. The van der Waals surface area contributed by atoms with E-state index in [1.54, 1.807) is 10.8 Å². The lowest BCUT2D eigenvalue weighted by Crippen LogP contribution is -2.24. The lowest BCUT2D eigenvalue weighted by atomic mass is 10.3. The Kier molecular flexibility index (Phi) is 10.3. The molecule has 0 aromatic rings. The first-order valence-electron chi connectivity index (χ1n) is 4.76. The Bertz CT molecular complexity index is 191. The number of hydrogen-bond acceptors (Lipinski definition) is 7. The lowest BCUT2D eigenvalue weighted by Gasteiger charge is -2.13. The highest BCUT2D eigenvalue weighted by atomic mass is 33.1. The van der Waals surface area contributed by atoms with Crippen LogP contribution in [0.4, 0.5) is 0 Å². The van der Waals surface area contributed by atoms with Crippen LogP contribution in [0, 0.1) is 0 Å². The number of aliphatic hydroxyl groups is 2. The fraction of sp³-hybridized carbons (Fsp3) is 0.889. The minimum Gasteiger partial charge on any atom is -0.469 e. The molecule has 0 heterocycles. The molecule has 0 aliphatic rings. The monoisotopic (exact) mass is 270 g/mol. The summed E-state index contributed by atoms with van der Waals surface area (Å²) in [7, 11) is 4.37. The van der Waals surface area contributed by atoms with E-state index in [-0.39, 0.29) is 19.6 Å². The second-order valence-electron chi connectivity index (χ2n) is 3.08. The molecule has 0 fully saturated rings. The molecule has 5 nitrogen and oxygen atoms in total. The van der Waals surface area contributed by atoms with Gasteiger partial charge in [0, 0.05) is 5.75 Å². The largest absolute Gasteiger partial charge is 0.469 e. The van der Waals surface area contributed by atoms with Crippen LogP contribution < -0.4 is 0 Å². The number of carbonyl (C=O) groups is 1. The van der Waals surface area contributed by atoms with Gasteiger partial charge in [-0.2, -0.15) is 0 Å². The van der Waals surface area contributed by atoms with E-state index in [1.165, 1.54) is 17.9 Å². The SMILES string of the molecule is COC(=O)CC(O)COCC(O)CSSC. The van der Waals surface area contributed by atoms with Gasteiger partial charge in [0.2, 0.25) is 0 Å². The summed E-state index contributed by atoms with van der Waals surface area (Å²) in [5.74, 6) is 0.100. The smallest absolute Gasteiger partial charge is 0.308 e. The van der Waals surface area contributed by atoms with Crippen molar-refractivity contribution in [2.24, 2.45) is 0 Å². The minimum absolute atomic E-state index is 0.0239. The van der Waals surface area contributed by atoms with E-state index >= 15 is 0 Å². The second kappa shape index (κ2) is 10.2. The standard InChI is InChI=1S/C9H18O5S2/c1-13-9(12)3-7(10)4-14-5-8(11)6-16-15-2/h7-8,10-11H,3-6H2,1-2H3. The quantitative estimate of drug-likeness (QED) is 0.461. The summed E-state index contributed by atoms with van der Waals surface area (Å²) in [6.07, 6.45) is 0.403. The number of methoxy groups -OCH3 is 1. The van der Waals surface area contributed by atoms with Crippen LogP contribution in [0.15, 0.2) is 0 Å². The number of hydrogen-bond donors (Lipinski definition) is 2. The topological polar surface area (TPSA) is 76.0 Å². The Labute approximate surface area is 103 Å². The minimum atomic E-state index is -0.882. The van der Waals surface area contributed by atoms with Crippen molar-refractivity contribution >= 4 is 27.6 Å². The zero-order valence-electron chi connectivity index (χ0n) is 9.42. The van der Waals surface area contributed by atoms with Gasteiger partial charge in [-0.3, -0.25) is 4.79 Å². The van der Waals surface area contributed by atoms with Crippen molar-refractivity contribution < 1.29 is 24.5 Å². The summed E-state index contributed by atoms with van der Waals surface area (Å²) in [5, 5.41) is 18.7. The average molecular weight is 270 g/mol. The van der Waals surface area contributed by atoms with Crippen molar-refractivity contribution in [3.05, 3.63) is 0 Å². The molecule has 0 bridgehead atoms. The van der Waals surface area contributed by atoms with Gasteiger partial charge in [0.25, 0.3) is 0 Å². The van der Waals surface area contributed by atoms with Crippen molar-refractivity contribution in [2.45, 2.75) is 18.6 Å². The zero-order chi connectivity index (χ0) is 12.4. The van der Waals surface area contributed by atoms with E-state index in [4.69, 9.17) is 4.74 Å². The molecule has 0 spiro atoms. The van der Waals surface area contributed by atoms with Gasteiger partial charge < -0.3 is 19.7 Å². The molecule has 0 amide bonds. The molecule has 0 rings (SSSR count). The highest BCUT2D eigenvalue weighted by Crippen LogP contribution is 2.17. The summed E-state index contributed by atoms with van der Waals surface area (Å²) >= 11 is 0. The van der Waals surface area contributed by atoms with Gasteiger partial charge in [-0.15, -0.1) is 0 Å². The Balaban J connectivity index is 3.46. The lowest BCUT2D eigenvalue weighted by molar-refractivity contribution is -0.143. The third-order valence-corrected chi connectivity index (χ3v) is 3.50. The van der Waals surface area contributed by atoms with Crippen LogP contribution >= 0.6 is 21.6 Å². The van der Waals surface area contributed by atoms with Crippen LogP contribution in [0.3, 0.4) is 0 Å². The van der Waals surface area contributed by atoms with E-state index < -0.39 is 18.2 Å². The van der Waals surface area contributed by atoms with Crippen LogP contribution in [0.1, 0.15) is 6.42 Å². The highest BCUT2D eigenvalue weighted by molar-refractivity contribution is 8.76. The highest BCUT2D eigenvalue weighted by Gasteiger charge is 2.12. The van der Waals surface area contributed by atoms with E-state index in [0.717, 1.165) is 0 Å². The zero-order valence-corrected chi connectivity index (χ0v) is 11.1. The number of rotatable bonds is 9. The first kappa shape index (κ1) is 16.1. The molecule has 2 unspecified atom stereocenters. The van der Waals surface area contributed by atoms with Crippen molar-refractivity contribution in [3.63, 3.8) is 0 Å². The molecule has 16 heavy (non-hydrogen) atoms. The number of ether oxygens (including phenoxy) is 2. The maximum absolute atomic E-state index is 10.8. The molecule has 0 aliphatic carbocycles. The predicted octanol–water partition coefficient (Wildman–Crippen LogP) is 0.299. The predicted molar refractivity (Wildman–Crippen MR) is 65.4 cm³/mol. The molecule has 0 aromatic carbocycles. The molecule has 2 N–H and O–H groups in total. The molecular weight excluding hydrogens is 252 g/mol. The Morgan fingerprint density at radius 3 is 2.50 bits per heavy atom. The first-order valence-corrected chi connectivity index (χ1v) is 7.49. The van der Waals surface area contributed by atoms with Crippen LogP contribution in [0.2, 0.25) is 0 Å². The molecule has 0 aliphatic heterocycles. The van der Waals surface area contributed by atoms with Gasteiger partial charge in [0.05, 0.1) is 39.0 Å². The van der Waals surface area contributed by atoms with Gasteiger partial charge >= 0.3 is 5.97 Å². The fourth-order valence-corrected chi connectivity index (χ4v) is 2.14. The maximum atomic E-state index is 10.8. The van der Waals surface area contributed by atoms with Gasteiger partial charge in [-0.25, -0.2) is 0 Å². The number of esters is 1. The first-order chi connectivity index (χ1) is 7.60. The molecule has 0 radical (unpaired) electrons. The van der Waals surface area contributed by atoms with E-state index in [2.05, 4.69) is 4.74 Å². The molecular formula is C9H18O5S2. The second-order valence-corrected chi connectivity index (χ2v) is 5.69. The fourth-order valence-electron chi connectivity index (χ4n) is 0.869. The Morgan fingerprint density at radius 2 is 1.94 bits per heavy atom. The van der Waals surface area contributed by atoms with Gasteiger partial charge in [0.1, 0.15) is 0 Å².